The van der Waals surface area contributed by atoms with Crippen molar-refractivity contribution in [1.29, 1.82) is 0 Å². The highest BCUT2D eigenvalue weighted by atomic mass is 32.2. The van der Waals surface area contributed by atoms with E-state index in [1.807, 2.05) is 13.1 Å². The van der Waals surface area contributed by atoms with Gasteiger partial charge >= 0.3 is 0 Å². The van der Waals surface area contributed by atoms with Crippen molar-refractivity contribution in [2.24, 2.45) is 4.99 Å². The Kier molecular flexibility index (Phi) is 10.7. The highest BCUT2D eigenvalue weighted by Gasteiger charge is 2.11. The molecule has 0 heterocycles. The molecule has 0 fully saturated rings. The van der Waals surface area contributed by atoms with Gasteiger partial charge in [-0.3, -0.25) is 4.99 Å². The number of hydrogen-bond acceptors (Lipinski definition) is 5. The second-order valence-corrected chi connectivity index (χ2v) is 6.68. The van der Waals surface area contributed by atoms with Crippen molar-refractivity contribution >= 4 is 24.4 Å². The summed E-state index contributed by atoms with van der Waals surface area (Å²) in [6, 6.07) is 5.69. The molecular weight excluding hydrogens is 325 g/mol. The van der Waals surface area contributed by atoms with E-state index in [4.69, 9.17) is 4.55 Å². The fourth-order valence-corrected chi connectivity index (χ4v) is 3.01. The van der Waals surface area contributed by atoms with Crippen LogP contribution < -0.4 is 10.6 Å². The molecule has 2 atom stereocenters. The maximum absolute atomic E-state index is 13.9. The van der Waals surface area contributed by atoms with Crippen LogP contribution in [0.2, 0.25) is 0 Å². The second-order valence-electron chi connectivity index (χ2n) is 6.01. The Morgan fingerprint density at radius 3 is 2.79 bits per heavy atom. The van der Waals surface area contributed by atoms with Gasteiger partial charge in [-0.15, -0.1) is 0 Å². The van der Waals surface area contributed by atoms with E-state index in [0.29, 0.717) is 12.5 Å². The van der Waals surface area contributed by atoms with Crippen LogP contribution in [0.15, 0.2) is 23.2 Å². The Bertz CT molecular complexity index is 487. The van der Waals surface area contributed by atoms with E-state index in [1.54, 1.807) is 6.07 Å². The first-order valence-corrected chi connectivity index (χ1v) is 9.47. The molecule has 0 aliphatic heterocycles. The first-order valence-electron chi connectivity index (χ1n) is 8.53. The van der Waals surface area contributed by atoms with E-state index in [2.05, 4.69) is 29.3 Å². The van der Waals surface area contributed by atoms with E-state index in [0.717, 1.165) is 61.3 Å². The van der Waals surface area contributed by atoms with E-state index in [-0.39, 0.29) is 11.9 Å². The number of anilines is 1. The maximum Gasteiger partial charge on any atom is 0.128 e. The average molecular weight is 356 g/mol. The van der Waals surface area contributed by atoms with Crippen molar-refractivity contribution in [3.05, 3.63) is 29.6 Å². The molecule has 6 heteroatoms. The molecule has 136 valence electrons. The van der Waals surface area contributed by atoms with E-state index in [9.17, 15) is 4.39 Å². The molecule has 3 N–H and O–H groups in total. The molecule has 0 amide bonds. The Balaban J connectivity index is 2.31. The average Bonchev–Trinajstić information content (AvgIpc) is 2.59. The number of rotatable bonds is 13. The highest BCUT2D eigenvalue weighted by Crippen LogP contribution is 2.20. The predicted octanol–water partition coefficient (Wildman–Crippen LogP) is 4.22. The highest BCUT2D eigenvalue weighted by molar-refractivity contribution is 7.93. The fourth-order valence-electron chi connectivity index (χ4n) is 2.72. The van der Waals surface area contributed by atoms with E-state index < -0.39 is 0 Å². The molecule has 1 aromatic carbocycles. The van der Waals surface area contributed by atoms with Crippen molar-refractivity contribution in [3.8, 4) is 0 Å². The third kappa shape index (κ3) is 7.64. The summed E-state index contributed by atoms with van der Waals surface area (Å²) in [4.78, 5) is 4.15. The van der Waals surface area contributed by atoms with Crippen LogP contribution in [-0.2, 0) is 6.42 Å². The molecule has 0 saturated heterocycles. The molecule has 1 aromatic rings. The summed E-state index contributed by atoms with van der Waals surface area (Å²) in [5.41, 5.74) is 1.61. The Morgan fingerprint density at radius 2 is 2.12 bits per heavy atom. The molecule has 0 aromatic heterocycles. The Labute approximate surface area is 149 Å². The van der Waals surface area contributed by atoms with Crippen LogP contribution in [0.1, 0.15) is 38.2 Å². The number of benzene rings is 1. The molecule has 2 unspecified atom stereocenters. The van der Waals surface area contributed by atoms with Gasteiger partial charge in [0.05, 0.1) is 6.04 Å². The number of nitrogens with one attached hydrogen (secondary N) is 2. The predicted molar refractivity (Wildman–Crippen MR) is 104 cm³/mol. The van der Waals surface area contributed by atoms with Gasteiger partial charge in [0, 0.05) is 30.1 Å². The van der Waals surface area contributed by atoms with Crippen LogP contribution in [0.5, 0.6) is 0 Å². The Hall–Kier alpha value is -1.11. The van der Waals surface area contributed by atoms with Crippen LogP contribution >= 0.6 is 12.0 Å². The zero-order valence-electron chi connectivity index (χ0n) is 14.7. The van der Waals surface area contributed by atoms with Gasteiger partial charge in [-0.2, -0.15) is 0 Å². The summed E-state index contributed by atoms with van der Waals surface area (Å²) in [6.45, 7) is 6.64. The van der Waals surface area contributed by atoms with Crippen LogP contribution in [0.25, 0.3) is 0 Å². The van der Waals surface area contributed by atoms with Crippen molar-refractivity contribution in [1.82, 2.24) is 5.32 Å². The monoisotopic (exact) mass is 355 g/mol. The van der Waals surface area contributed by atoms with Crippen LogP contribution in [-0.4, -0.2) is 42.7 Å². The molecule has 0 radical (unpaired) electrons. The summed E-state index contributed by atoms with van der Waals surface area (Å²) in [7, 11) is 1.82. The SMILES string of the molecule is C=NC(CCCSO)CCNC(C)CCc1c(F)cccc1NC. The second kappa shape index (κ2) is 12.3. The van der Waals surface area contributed by atoms with Gasteiger partial charge in [0.1, 0.15) is 5.82 Å². The first-order chi connectivity index (χ1) is 11.6. The van der Waals surface area contributed by atoms with Crippen LogP contribution in [0.3, 0.4) is 0 Å². The third-order valence-electron chi connectivity index (χ3n) is 4.22. The molecule has 0 bridgehead atoms. The summed E-state index contributed by atoms with van der Waals surface area (Å²) >= 11 is 0.878. The minimum atomic E-state index is -0.147. The lowest BCUT2D eigenvalue weighted by atomic mass is 10.0. The van der Waals surface area contributed by atoms with Crippen LogP contribution in [0.4, 0.5) is 10.1 Å². The normalized spacial score (nSPS) is 13.5. The van der Waals surface area contributed by atoms with Crippen molar-refractivity contribution in [2.75, 3.05) is 24.7 Å². The Morgan fingerprint density at radius 1 is 1.33 bits per heavy atom. The summed E-state index contributed by atoms with van der Waals surface area (Å²) in [6.07, 6.45) is 4.41. The van der Waals surface area contributed by atoms with Gasteiger partial charge in [-0.25, -0.2) is 4.39 Å². The summed E-state index contributed by atoms with van der Waals surface area (Å²) in [5, 5.41) is 6.53. The zero-order chi connectivity index (χ0) is 17.8. The first kappa shape index (κ1) is 20.9. The number of aliphatic imine (C=N–C) groups is 1. The van der Waals surface area contributed by atoms with E-state index >= 15 is 0 Å². The van der Waals surface area contributed by atoms with E-state index in [1.165, 1.54) is 6.07 Å². The summed E-state index contributed by atoms with van der Waals surface area (Å²) in [5.74, 6) is 0.596. The standard InChI is InChI=1S/C18H30FN3OS/c1-14(22-12-11-15(20-2)6-5-13-24-23)9-10-16-17(19)7-4-8-18(16)21-3/h4,7-8,14-15,21-23H,2,5-6,9-13H2,1,3H3. The van der Waals surface area contributed by atoms with Gasteiger partial charge in [0.25, 0.3) is 0 Å². The number of halogens is 1. The molecule has 0 saturated carbocycles. The van der Waals surface area contributed by atoms with Gasteiger partial charge < -0.3 is 15.2 Å². The van der Waals surface area contributed by atoms with Crippen molar-refractivity contribution < 1.29 is 8.94 Å². The largest absolute Gasteiger partial charge is 0.388 e. The smallest absolute Gasteiger partial charge is 0.128 e. The molecule has 24 heavy (non-hydrogen) atoms. The lowest BCUT2D eigenvalue weighted by Gasteiger charge is -2.17. The van der Waals surface area contributed by atoms with Gasteiger partial charge in [-0.1, -0.05) is 6.07 Å². The van der Waals surface area contributed by atoms with Gasteiger partial charge in [0.15, 0.2) is 0 Å². The molecule has 0 aliphatic rings. The quantitative estimate of drug-likeness (QED) is 0.282. The molecule has 4 nitrogen and oxygen atoms in total. The lowest BCUT2D eigenvalue weighted by Crippen LogP contribution is -2.29. The molecule has 0 aliphatic carbocycles. The van der Waals surface area contributed by atoms with Gasteiger partial charge in [-0.05, 0) is 76.5 Å². The minimum absolute atomic E-state index is 0.147. The zero-order valence-corrected chi connectivity index (χ0v) is 15.5. The lowest BCUT2D eigenvalue weighted by molar-refractivity contribution is 0.469. The number of nitrogens with zero attached hydrogens (tertiary/aromatic N) is 1. The minimum Gasteiger partial charge on any atom is -0.388 e. The fraction of sp³-hybridized carbons (Fsp3) is 0.611. The van der Waals surface area contributed by atoms with Gasteiger partial charge in [0.2, 0.25) is 0 Å². The van der Waals surface area contributed by atoms with Crippen molar-refractivity contribution in [2.45, 2.75) is 51.1 Å². The molecular formula is C18H30FN3OS. The maximum atomic E-state index is 13.9. The molecule has 1 rings (SSSR count). The third-order valence-corrected chi connectivity index (χ3v) is 4.69. The topological polar surface area (TPSA) is 56.7 Å². The van der Waals surface area contributed by atoms with Crippen molar-refractivity contribution in [3.63, 3.8) is 0 Å². The van der Waals surface area contributed by atoms with Crippen LogP contribution in [0, 0.1) is 5.82 Å². The summed E-state index contributed by atoms with van der Waals surface area (Å²) < 4.78 is 22.7. The number of hydrogen-bond donors (Lipinski definition) is 3. The molecule has 0 spiro atoms.